The van der Waals surface area contributed by atoms with Gasteiger partial charge in [0.1, 0.15) is 0 Å². The third kappa shape index (κ3) is 1.25. The summed E-state index contributed by atoms with van der Waals surface area (Å²) in [5, 5.41) is 3.29. The monoisotopic (exact) mass is 128 g/mol. The Bertz CT molecular complexity index is 88.9. The van der Waals surface area contributed by atoms with E-state index in [0.29, 0.717) is 0 Å². The van der Waals surface area contributed by atoms with Crippen LogP contribution in [-0.2, 0) is 0 Å². The van der Waals surface area contributed by atoms with Crippen molar-refractivity contribution in [2.45, 2.75) is 24.9 Å². The Labute approximate surface area is 57.2 Å². The highest BCUT2D eigenvalue weighted by Crippen LogP contribution is 2.22. The van der Waals surface area contributed by atoms with Crippen molar-refractivity contribution in [3.05, 3.63) is 0 Å². The molecule has 2 atom stereocenters. The zero-order chi connectivity index (χ0) is 6.85. The zero-order valence-electron chi connectivity index (χ0n) is 6.52. The molecule has 1 aliphatic rings. The molecule has 0 aromatic rings. The molecule has 0 amide bonds. The lowest BCUT2D eigenvalue weighted by Gasteiger charge is -2.40. The van der Waals surface area contributed by atoms with Gasteiger partial charge < -0.3 is 10.2 Å². The Hall–Kier alpha value is -0.0800. The van der Waals surface area contributed by atoms with Crippen molar-refractivity contribution in [1.29, 1.82) is 0 Å². The van der Waals surface area contributed by atoms with Gasteiger partial charge >= 0.3 is 0 Å². The summed E-state index contributed by atoms with van der Waals surface area (Å²) < 4.78 is 0. The minimum Gasteiger partial charge on any atom is -0.315 e. The summed E-state index contributed by atoms with van der Waals surface area (Å²) in [5.41, 5.74) is 0. The van der Waals surface area contributed by atoms with E-state index in [4.69, 9.17) is 0 Å². The molecule has 0 heterocycles. The lowest BCUT2D eigenvalue weighted by atomic mass is 9.86. The first kappa shape index (κ1) is 7.03. The van der Waals surface area contributed by atoms with Gasteiger partial charge in [0.2, 0.25) is 0 Å². The van der Waals surface area contributed by atoms with Crippen LogP contribution in [0.15, 0.2) is 0 Å². The summed E-state index contributed by atoms with van der Waals surface area (Å²) in [7, 11) is 6.34. The Balaban J connectivity index is 2.27. The van der Waals surface area contributed by atoms with Gasteiger partial charge in [-0.2, -0.15) is 0 Å². The first-order valence-electron chi connectivity index (χ1n) is 3.59. The third-order valence-electron chi connectivity index (χ3n) is 2.27. The average Bonchev–Trinajstić information content (AvgIpc) is 1.61. The standard InChI is InChI=1S/C7H16N2/c1-8-6-4-5-7(6)9(2)3/h6-8H,4-5H2,1-3H3/t6-,7-/m1/s1. The number of hydrogen-bond acceptors (Lipinski definition) is 2. The molecule has 0 saturated heterocycles. The Morgan fingerprint density at radius 1 is 1.33 bits per heavy atom. The second-order valence-electron chi connectivity index (χ2n) is 3.00. The molecular formula is C7H16N2. The Kier molecular flexibility index (Phi) is 2.09. The van der Waals surface area contributed by atoms with Gasteiger partial charge in [-0.25, -0.2) is 0 Å². The average molecular weight is 128 g/mol. The topological polar surface area (TPSA) is 15.3 Å². The van der Waals surface area contributed by atoms with Crippen LogP contribution in [0.3, 0.4) is 0 Å². The van der Waals surface area contributed by atoms with Crippen LogP contribution >= 0.6 is 0 Å². The lowest BCUT2D eigenvalue weighted by Crippen LogP contribution is -2.53. The molecule has 0 aromatic carbocycles. The summed E-state index contributed by atoms with van der Waals surface area (Å²) in [5.74, 6) is 0. The lowest BCUT2D eigenvalue weighted by molar-refractivity contribution is 0.140. The molecule has 2 nitrogen and oxygen atoms in total. The largest absolute Gasteiger partial charge is 0.315 e. The Morgan fingerprint density at radius 3 is 2.11 bits per heavy atom. The molecule has 1 fully saturated rings. The van der Waals surface area contributed by atoms with E-state index >= 15 is 0 Å². The predicted octanol–water partition coefficient (Wildman–Crippen LogP) is 0.298. The molecule has 1 N–H and O–H groups in total. The number of nitrogens with one attached hydrogen (secondary N) is 1. The van der Waals surface area contributed by atoms with Gasteiger partial charge in [0.25, 0.3) is 0 Å². The highest BCUT2D eigenvalue weighted by Gasteiger charge is 2.30. The summed E-state index contributed by atoms with van der Waals surface area (Å²) >= 11 is 0. The van der Waals surface area contributed by atoms with Crippen molar-refractivity contribution in [3.63, 3.8) is 0 Å². The molecule has 0 aromatic heterocycles. The molecule has 1 saturated carbocycles. The van der Waals surface area contributed by atoms with E-state index in [9.17, 15) is 0 Å². The number of nitrogens with zero attached hydrogens (tertiary/aromatic N) is 1. The number of likely N-dealkylation sites (N-methyl/N-ethyl adjacent to an activating group) is 2. The van der Waals surface area contributed by atoms with E-state index in [-0.39, 0.29) is 0 Å². The van der Waals surface area contributed by atoms with Crippen LogP contribution in [0.1, 0.15) is 12.8 Å². The molecular weight excluding hydrogens is 112 g/mol. The van der Waals surface area contributed by atoms with Crippen LogP contribution < -0.4 is 5.32 Å². The molecule has 54 valence electrons. The van der Waals surface area contributed by atoms with Crippen LogP contribution in [0.5, 0.6) is 0 Å². The van der Waals surface area contributed by atoms with Crippen LogP contribution in [0.25, 0.3) is 0 Å². The van der Waals surface area contributed by atoms with Crippen molar-refractivity contribution in [2.24, 2.45) is 0 Å². The Morgan fingerprint density at radius 2 is 2.00 bits per heavy atom. The molecule has 0 radical (unpaired) electrons. The molecule has 2 heteroatoms. The van der Waals surface area contributed by atoms with E-state index in [1.807, 2.05) is 7.05 Å². The summed E-state index contributed by atoms with van der Waals surface area (Å²) in [6, 6.07) is 1.54. The van der Waals surface area contributed by atoms with Gasteiger partial charge in [-0.15, -0.1) is 0 Å². The van der Waals surface area contributed by atoms with Gasteiger partial charge in [0.05, 0.1) is 0 Å². The minimum atomic E-state index is 0.750. The smallest absolute Gasteiger partial charge is 0.0243 e. The van der Waals surface area contributed by atoms with Crippen molar-refractivity contribution in [1.82, 2.24) is 10.2 Å². The van der Waals surface area contributed by atoms with Gasteiger partial charge in [0, 0.05) is 12.1 Å². The third-order valence-corrected chi connectivity index (χ3v) is 2.27. The van der Waals surface area contributed by atoms with Crippen molar-refractivity contribution < 1.29 is 0 Å². The van der Waals surface area contributed by atoms with Gasteiger partial charge in [0.15, 0.2) is 0 Å². The van der Waals surface area contributed by atoms with Gasteiger partial charge in [-0.3, -0.25) is 0 Å². The molecule has 1 aliphatic carbocycles. The maximum Gasteiger partial charge on any atom is 0.0243 e. The van der Waals surface area contributed by atoms with Crippen molar-refractivity contribution in [2.75, 3.05) is 21.1 Å². The van der Waals surface area contributed by atoms with Crippen molar-refractivity contribution in [3.8, 4) is 0 Å². The second-order valence-corrected chi connectivity index (χ2v) is 3.00. The minimum absolute atomic E-state index is 0.750. The summed E-state index contributed by atoms with van der Waals surface area (Å²) in [4.78, 5) is 2.30. The van der Waals surface area contributed by atoms with E-state index in [1.165, 1.54) is 12.8 Å². The fraction of sp³-hybridized carbons (Fsp3) is 1.00. The summed E-state index contributed by atoms with van der Waals surface area (Å²) in [6.07, 6.45) is 2.71. The molecule has 0 unspecified atom stereocenters. The molecule has 1 rings (SSSR count). The molecule has 0 aliphatic heterocycles. The fourth-order valence-electron chi connectivity index (χ4n) is 1.44. The van der Waals surface area contributed by atoms with Crippen LogP contribution in [0, 0.1) is 0 Å². The predicted molar refractivity (Wildman–Crippen MR) is 39.6 cm³/mol. The van der Waals surface area contributed by atoms with E-state index < -0.39 is 0 Å². The zero-order valence-corrected chi connectivity index (χ0v) is 6.52. The van der Waals surface area contributed by atoms with Crippen LogP contribution in [-0.4, -0.2) is 38.1 Å². The SMILES string of the molecule is CN[C@@H]1CC[C@H]1N(C)C. The second kappa shape index (κ2) is 2.67. The fourth-order valence-corrected chi connectivity index (χ4v) is 1.44. The van der Waals surface area contributed by atoms with Gasteiger partial charge in [-0.05, 0) is 34.0 Å². The molecule has 0 bridgehead atoms. The van der Waals surface area contributed by atoms with E-state index in [1.54, 1.807) is 0 Å². The summed E-state index contributed by atoms with van der Waals surface area (Å²) in [6.45, 7) is 0. The maximum absolute atomic E-state index is 3.29. The highest BCUT2D eigenvalue weighted by molar-refractivity contribution is 4.91. The van der Waals surface area contributed by atoms with E-state index in [0.717, 1.165) is 12.1 Å². The van der Waals surface area contributed by atoms with Crippen molar-refractivity contribution >= 4 is 0 Å². The molecule has 9 heavy (non-hydrogen) atoms. The number of rotatable bonds is 2. The van der Waals surface area contributed by atoms with E-state index in [2.05, 4.69) is 24.3 Å². The quantitative estimate of drug-likeness (QED) is 0.575. The van der Waals surface area contributed by atoms with Crippen LogP contribution in [0.4, 0.5) is 0 Å². The van der Waals surface area contributed by atoms with Gasteiger partial charge in [-0.1, -0.05) is 0 Å². The first-order valence-corrected chi connectivity index (χ1v) is 3.59. The normalized spacial score (nSPS) is 34.7. The van der Waals surface area contributed by atoms with Crippen LogP contribution in [0.2, 0.25) is 0 Å². The molecule has 0 spiro atoms. The highest BCUT2D eigenvalue weighted by atomic mass is 15.2. The maximum atomic E-state index is 3.29. The number of hydrogen-bond donors (Lipinski definition) is 1. The first-order chi connectivity index (χ1) is 4.25.